The van der Waals surface area contributed by atoms with Crippen molar-refractivity contribution in [3.63, 3.8) is 0 Å². The van der Waals surface area contributed by atoms with Crippen molar-refractivity contribution in [1.82, 2.24) is 0 Å². The van der Waals surface area contributed by atoms with Gasteiger partial charge in [-0.2, -0.15) is 0 Å². The summed E-state index contributed by atoms with van der Waals surface area (Å²) in [5.41, 5.74) is -1.97. The van der Waals surface area contributed by atoms with Gasteiger partial charge < -0.3 is 47.4 Å². The second kappa shape index (κ2) is 21.0. The molecule has 0 aromatic heterocycles. The van der Waals surface area contributed by atoms with Crippen LogP contribution in [0.2, 0.25) is 0 Å². The van der Waals surface area contributed by atoms with Gasteiger partial charge in [-0.05, 0) is 17.9 Å². The van der Waals surface area contributed by atoms with E-state index in [1.54, 1.807) is 0 Å². The summed E-state index contributed by atoms with van der Waals surface area (Å²) < 4.78 is 55.1. The molecular weight excluding hydrogens is 724 g/mol. The lowest BCUT2D eigenvalue weighted by molar-refractivity contribution is -0.237. The monoisotopic (exact) mass is 768 g/mol. The number of esters is 8. The van der Waals surface area contributed by atoms with Crippen LogP contribution in [0.4, 0.5) is 0 Å². The van der Waals surface area contributed by atoms with Gasteiger partial charge in [-0.25, -0.2) is 0 Å². The summed E-state index contributed by atoms with van der Waals surface area (Å²) >= 11 is 2.34. The molecule has 2 aliphatic rings. The molecule has 20 heteroatoms. The summed E-state index contributed by atoms with van der Waals surface area (Å²) in [6.07, 6.45) is -9.45. The Hall–Kier alpha value is -3.62. The Kier molecular flexibility index (Phi) is 18.0. The van der Waals surface area contributed by atoms with E-state index < -0.39 is 107 Å². The van der Waals surface area contributed by atoms with Gasteiger partial charge >= 0.3 is 47.8 Å². The van der Waals surface area contributed by atoms with Gasteiger partial charge in [0.25, 0.3) is 0 Å². The van der Waals surface area contributed by atoms with Crippen molar-refractivity contribution in [3.8, 4) is 0 Å². The van der Waals surface area contributed by atoms with Crippen LogP contribution in [0.15, 0.2) is 0 Å². The molecule has 0 bridgehead atoms. The number of thioether (sulfide) groups is 2. The average Bonchev–Trinajstić information content (AvgIpc) is 2.99. The van der Waals surface area contributed by atoms with Gasteiger partial charge in [-0.15, -0.1) is 23.5 Å². The van der Waals surface area contributed by atoms with E-state index in [-0.39, 0.29) is 13.2 Å². The maximum absolute atomic E-state index is 12.1. The molecule has 2 heterocycles. The SMILES string of the molecule is CC(=O)OC[C@H]1O[C@H](SCCCS[C@H]2O[C@H](COC(C)=O)[C@@H](OC(C)=O)[C@H](OC(C)=O)[C@@H]2OC(C)=O)[C@@H](OC(C)=O)[C@@H](OC(C)=O)[C@@H]1OC(C)=O. The largest absolute Gasteiger partial charge is 0.463 e. The van der Waals surface area contributed by atoms with E-state index in [0.717, 1.165) is 41.5 Å². The van der Waals surface area contributed by atoms with Crippen LogP contribution in [0.1, 0.15) is 61.8 Å². The zero-order valence-corrected chi connectivity index (χ0v) is 31.1. The zero-order chi connectivity index (χ0) is 38.4. The zero-order valence-electron chi connectivity index (χ0n) is 29.5. The first-order valence-electron chi connectivity index (χ1n) is 15.7. The minimum absolute atomic E-state index is 0.325. The fourth-order valence-electron chi connectivity index (χ4n) is 5.10. The van der Waals surface area contributed by atoms with Crippen molar-refractivity contribution in [3.05, 3.63) is 0 Å². The molecule has 2 fully saturated rings. The molecule has 2 rings (SSSR count). The smallest absolute Gasteiger partial charge is 0.303 e. The molecule has 0 radical (unpaired) electrons. The Morgan fingerprint density at radius 2 is 0.686 bits per heavy atom. The lowest BCUT2D eigenvalue weighted by Crippen LogP contribution is -2.61. The Balaban J connectivity index is 2.28. The fraction of sp³-hybridized carbons (Fsp3) is 0.742. The minimum Gasteiger partial charge on any atom is -0.463 e. The predicted molar refractivity (Wildman–Crippen MR) is 173 cm³/mol. The van der Waals surface area contributed by atoms with Gasteiger partial charge in [0.05, 0.1) is 0 Å². The molecule has 0 amide bonds. The minimum atomic E-state index is -1.31. The topological polar surface area (TPSA) is 229 Å². The molecule has 10 atom stereocenters. The maximum Gasteiger partial charge on any atom is 0.303 e. The van der Waals surface area contributed by atoms with Crippen LogP contribution in [0.3, 0.4) is 0 Å². The number of hydrogen-bond acceptors (Lipinski definition) is 20. The first kappa shape index (κ1) is 43.5. The summed E-state index contributed by atoms with van der Waals surface area (Å²) in [6, 6.07) is 0. The third-order valence-corrected chi connectivity index (χ3v) is 9.21. The molecular formula is C31H44O18S2. The van der Waals surface area contributed by atoms with Crippen LogP contribution in [-0.4, -0.2) is 132 Å². The maximum atomic E-state index is 12.1. The van der Waals surface area contributed by atoms with Crippen LogP contribution in [0.5, 0.6) is 0 Å². The summed E-state index contributed by atoms with van der Waals surface area (Å²) in [5, 5.41) is 0. The molecule has 2 saturated heterocycles. The van der Waals surface area contributed by atoms with Crippen LogP contribution in [0.25, 0.3) is 0 Å². The first-order chi connectivity index (χ1) is 23.9. The molecule has 0 saturated carbocycles. The number of carbonyl (C=O) groups is 8. The quantitative estimate of drug-likeness (QED) is 0.121. The number of hydrogen-bond donors (Lipinski definition) is 0. The fourth-order valence-corrected chi connectivity index (χ4v) is 7.62. The van der Waals surface area contributed by atoms with E-state index >= 15 is 0 Å². The van der Waals surface area contributed by atoms with E-state index in [0.29, 0.717) is 17.9 Å². The van der Waals surface area contributed by atoms with E-state index in [2.05, 4.69) is 0 Å². The molecule has 0 aliphatic carbocycles. The lowest BCUT2D eigenvalue weighted by atomic mass is 9.99. The molecule has 0 spiro atoms. The third kappa shape index (κ3) is 14.9. The summed E-state index contributed by atoms with van der Waals surface area (Å²) in [5.74, 6) is -5.11. The van der Waals surface area contributed by atoms with Crippen molar-refractivity contribution in [2.75, 3.05) is 24.7 Å². The third-order valence-electron chi connectivity index (χ3n) is 6.75. The number of rotatable bonds is 16. The second-order valence-electron chi connectivity index (χ2n) is 11.2. The standard InChI is InChI=1S/C31H44O18S2/c1-14(32)40-12-22-24(42-16(3)34)26(44-18(5)36)28(46-20(7)38)30(48-22)50-10-9-11-51-31-29(47-21(8)39)27(45-19(6)37)25(43-17(4)35)23(49-31)13-41-15(2)33/h22-31H,9-13H2,1-8H3/t22-,23-,24-,25-,26+,27+,28+,29+,30-,31-/m1/s1. The summed E-state index contributed by atoms with van der Waals surface area (Å²) in [4.78, 5) is 95.5. The first-order valence-corrected chi connectivity index (χ1v) is 17.8. The molecule has 0 unspecified atom stereocenters. The number of carbonyl (C=O) groups excluding carboxylic acids is 8. The van der Waals surface area contributed by atoms with E-state index in [1.807, 2.05) is 0 Å². The normalized spacial score (nSPS) is 28.6. The Morgan fingerprint density at radius 1 is 0.412 bits per heavy atom. The van der Waals surface area contributed by atoms with Gasteiger partial charge in [-0.1, -0.05) is 0 Å². The van der Waals surface area contributed by atoms with Crippen molar-refractivity contribution < 1.29 is 85.7 Å². The number of ether oxygens (including phenoxy) is 10. The van der Waals surface area contributed by atoms with Crippen LogP contribution < -0.4 is 0 Å². The highest BCUT2D eigenvalue weighted by Gasteiger charge is 2.53. The molecule has 2 aliphatic heterocycles. The summed E-state index contributed by atoms with van der Waals surface area (Å²) in [6.45, 7) is 8.39. The lowest BCUT2D eigenvalue weighted by Gasteiger charge is -2.44. The Morgan fingerprint density at radius 3 is 0.961 bits per heavy atom. The van der Waals surface area contributed by atoms with Crippen molar-refractivity contribution in [2.24, 2.45) is 0 Å². The van der Waals surface area contributed by atoms with E-state index in [1.165, 1.54) is 37.4 Å². The molecule has 0 aromatic carbocycles. The molecule has 288 valence electrons. The van der Waals surface area contributed by atoms with Gasteiger partial charge in [0.1, 0.15) is 36.3 Å². The molecule has 18 nitrogen and oxygen atoms in total. The van der Waals surface area contributed by atoms with E-state index in [9.17, 15) is 38.4 Å². The van der Waals surface area contributed by atoms with Gasteiger partial charge in [0.15, 0.2) is 36.6 Å². The average molecular weight is 769 g/mol. The molecule has 0 N–H and O–H groups in total. The molecule has 0 aromatic rings. The van der Waals surface area contributed by atoms with Crippen LogP contribution in [-0.2, 0) is 85.7 Å². The van der Waals surface area contributed by atoms with Crippen molar-refractivity contribution in [1.29, 1.82) is 0 Å². The highest BCUT2D eigenvalue weighted by atomic mass is 32.2. The highest BCUT2D eigenvalue weighted by molar-refractivity contribution is 8.00. The molecule has 51 heavy (non-hydrogen) atoms. The van der Waals surface area contributed by atoms with Crippen LogP contribution in [0, 0.1) is 0 Å². The van der Waals surface area contributed by atoms with Crippen LogP contribution >= 0.6 is 23.5 Å². The summed E-state index contributed by atoms with van der Waals surface area (Å²) in [7, 11) is 0. The Bertz CT molecular complexity index is 1180. The Labute approximate surface area is 302 Å². The predicted octanol–water partition coefficient (Wildman–Crippen LogP) is 1.01. The second-order valence-corrected chi connectivity index (χ2v) is 13.6. The van der Waals surface area contributed by atoms with Crippen molar-refractivity contribution >= 4 is 71.3 Å². The highest BCUT2D eigenvalue weighted by Crippen LogP contribution is 2.37. The van der Waals surface area contributed by atoms with Gasteiger partial charge in [0.2, 0.25) is 0 Å². The van der Waals surface area contributed by atoms with Gasteiger partial charge in [0, 0.05) is 55.4 Å². The van der Waals surface area contributed by atoms with E-state index in [4.69, 9.17) is 47.4 Å². The van der Waals surface area contributed by atoms with Crippen molar-refractivity contribution in [2.45, 2.75) is 122 Å². The van der Waals surface area contributed by atoms with Gasteiger partial charge in [-0.3, -0.25) is 38.4 Å².